The molecule has 0 bridgehead atoms. The number of methoxy groups -OCH3 is 1. The van der Waals surface area contributed by atoms with Crippen LogP contribution in [0.15, 0.2) is 79.4 Å². The van der Waals surface area contributed by atoms with E-state index in [-0.39, 0.29) is 16.9 Å². The SMILES string of the molecule is C=CC(C(=O)c1ccccc1)C(C(=C)C(=O)OC)c1ccccc1F. The minimum Gasteiger partial charge on any atom is -0.466 e. The summed E-state index contributed by atoms with van der Waals surface area (Å²) in [4.78, 5) is 25.0. The van der Waals surface area contributed by atoms with E-state index in [1.54, 1.807) is 42.5 Å². The van der Waals surface area contributed by atoms with Gasteiger partial charge in [-0.25, -0.2) is 9.18 Å². The molecule has 0 amide bonds. The highest BCUT2D eigenvalue weighted by molar-refractivity contribution is 6.01. The summed E-state index contributed by atoms with van der Waals surface area (Å²) < 4.78 is 19.1. The molecule has 128 valence electrons. The molecule has 0 fully saturated rings. The Morgan fingerprint density at radius 1 is 1.08 bits per heavy atom. The molecule has 0 saturated heterocycles. The van der Waals surface area contributed by atoms with Gasteiger partial charge in [0.2, 0.25) is 0 Å². The second-order valence-electron chi connectivity index (χ2n) is 5.51. The van der Waals surface area contributed by atoms with Crippen LogP contribution in [0.1, 0.15) is 21.8 Å². The van der Waals surface area contributed by atoms with Gasteiger partial charge in [0.15, 0.2) is 5.78 Å². The second-order valence-corrected chi connectivity index (χ2v) is 5.51. The molecule has 0 aromatic heterocycles. The van der Waals surface area contributed by atoms with Crippen molar-refractivity contribution in [1.29, 1.82) is 0 Å². The number of Topliss-reactive ketones (excluding diaryl/α,β-unsaturated/α-hetero) is 1. The Hall–Kier alpha value is -3.01. The van der Waals surface area contributed by atoms with Gasteiger partial charge in [-0.1, -0.05) is 61.2 Å². The molecule has 0 saturated carbocycles. The molecule has 0 aliphatic heterocycles. The van der Waals surface area contributed by atoms with Gasteiger partial charge in [-0.05, 0) is 11.6 Å². The highest BCUT2D eigenvalue weighted by Gasteiger charge is 2.34. The van der Waals surface area contributed by atoms with E-state index in [9.17, 15) is 14.0 Å². The van der Waals surface area contributed by atoms with E-state index in [1.807, 2.05) is 0 Å². The first kappa shape index (κ1) is 18.3. The summed E-state index contributed by atoms with van der Waals surface area (Å²) in [5, 5.41) is 0. The first-order chi connectivity index (χ1) is 12.0. The molecule has 2 atom stereocenters. The number of esters is 1. The second kappa shape index (κ2) is 8.20. The number of carbonyl (C=O) groups is 2. The smallest absolute Gasteiger partial charge is 0.333 e. The minimum absolute atomic E-state index is 0.00165. The maximum absolute atomic E-state index is 14.4. The fourth-order valence-electron chi connectivity index (χ4n) is 2.77. The zero-order chi connectivity index (χ0) is 18.4. The summed E-state index contributed by atoms with van der Waals surface area (Å²) in [7, 11) is 1.22. The van der Waals surface area contributed by atoms with Crippen LogP contribution in [-0.4, -0.2) is 18.9 Å². The quantitative estimate of drug-likeness (QED) is 0.327. The fourth-order valence-corrected chi connectivity index (χ4v) is 2.77. The fraction of sp³-hybridized carbons (Fsp3) is 0.143. The number of rotatable bonds is 7. The van der Waals surface area contributed by atoms with Gasteiger partial charge < -0.3 is 4.74 Å². The average Bonchev–Trinajstić information content (AvgIpc) is 2.66. The molecule has 25 heavy (non-hydrogen) atoms. The van der Waals surface area contributed by atoms with Gasteiger partial charge in [-0.2, -0.15) is 0 Å². The third-order valence-corrected chi connectivity index (χ3v) is 4.04. The van der Waals surface area contributed by atoms with Crippen molar-refractivity contribution in [3.05, 3.63) is 96.3 Å². The number of carbonyl (C=O) groups excluding carboxylic acids is 2. The van der Waals surface area contributed by atoms with Crippen LogP contribution in [0.5, 0.6) is 0 Å². The van der Waals surface area contributed by atoms with E-state index in [0.29, 0.717) is 5.56 Å². The number of ether oxygens (including phenoxy) is 1. The standard InChI is InChI=1S/C21H19FO3/c1-4-16(20(23)15-10-6-5-7-11-15)19(14(2)21(24)25-3)17-12-8-9-13-18(17)22/h4-13,16,19H,1-2H2,3H3. The highest BCUT2D eigenvalue weighted by atomic mass is 19.1. The normalized spacial score (nSPS) is 12.7. The van der Waals surface area contributed by atoms with E-state index in [0.717, 1.165) is 0 Å². The lowest BCUT2D eigenvalue weighted by Gasteiger charge is -2.25. The van der Waals surface area contributed by atoms with Gasteiger partial charge in [0.25, 0.3) is 0 Å². The Labute approximate surface area is 146 Å². The van der Waals surface area contributed by atoms with E-state index in [1.165, 1.54) is 25.3 Å². The molecule has 3 nitrogen and oxygen atoms in total. The molecule has 2 rings (SSSR count). The van der Waals surface area contributed by atoms with Crippen molar-refractivity contribution >= 4 is 11.8 Å². The molecular weight excluding hydrogens is 319 g/mol. The van der Waals surface area contributed by atoms with Crippen molar-refractivity contribution < 1.29 is 18.7 Å². The largest absolute Gasteiger partial charge is 0.466 e. The lowest BCUT2D eigenvalue weighted by molar-refractivity contribution is -0.136. The van der Waals surface area contributed by atoms with Gasteiger partial charge in [-0.15, -0.1) is 6.58 Å². The maximum atomic E-state index is 14.4. The first-order valence-corrected chi connectivity index (χ1v) is 7.74. The monoisotopic (exact) mass is 338 g/mol. The van der Waals surface area contributed by atoms with E-state index < -0.39 is 23.6 Å². The van der Waals surface area contributed by atoms with Crippen molar-refractivity contribution in [3.63, 3.8) is 0 Å². The van der Waals surface area contributed by atoms with Crippen LogP contribution in [0.2, 0.25) is 0 Å². The molecule has 2 aromatic rings. The molecule has 0 aliphatic carbocycles. The average molecular weight is 338 g/mol. The van der Waals surface area contributed by atoms with Crippen LogP contribution >= 0.6 is 0 Å². The topological polar surface area (TPSA) is 43.4 Å². The summed E-state index contributed by atoms with van der Waals surface area (Å²) in [6.45, 7) is 7.46. The van der Waals surface area contributed by atoms with Crippen LogP contribution < -0.4 is 0 Å². The number of hydrogen-bond acceptors (Lipinski definition) is 3. The summed E-state index contributed by atoms with van der Waals surface area (Å²) in [6.07, 6.45) is 1.42. The van der Waals surface area contributed by atoms with E-state index >= 15 is 0 Å². The third kappa shape index (κ3) is 3.91. The number of halogens is 1. The van der Waals surface area contributed by atoms with Crippen molar-refractivity contribution in [2.45, 2.75) is 5.92 Å². The number of allylic oxidation sites excluding steroid dienone is 1. The zero-order valence-electron chi connectivity index (χ0n) is 13.9. The summed E-state index contributed by atoms with van der Waals surface area (Å²) in [5.74, 6) is -3.25. The van der Waals surface area contributed by atoms with Crippen LogP contribution in [0.3, 0.4) is 0 Å². The predicted octanol–water partition coefficient (Wildman–Crippen LogP) is 4.32. The Balaban J connectivity index is 2.55. The third-order valence-electron chi connectivity index (χ3n) is 4.04. The van der Waals surface area contributed by atoms with Crippen molar-refractivity contribution in [2.24, 2.45) is 5.92 Å². The Morgan fingerprint density at radius 3 is 2.24 bits per heavy atom. The molecule has 0 aliphatic rings. The molecule has 2 unspecified atom stereocenters. The van der Waals surface area contributed by atoms with Crippen molar-refractivity contribution in [1.82, 2.24) is 0 Å². The molecule has 0 heterocycles. The van der Waals surface area contributed by atoms with Crippen LogP contribution in [0.25, 0.3) is 0 Å². The summed E-state index contributed by atoms with van der Waals surface area (Å²) in [5.41, 5.74) is 0.653. The lowest BCUT2D eigenvalue weighted by Crippen LogP contribution is -2.26. The lowest BCUT2D eigenvalue weighted by atomic mass is 9.77. The van der Waals surface area contributed by atoms with E-state index in [4.69, 9.17) is 4.74 Å². The number of ketones is 1. The van der Waals surface area contributed by atoms with Gasteiger partial charge in [0.05, 0.1) is 13.0 Å². The van der Waals surface area contributed by atoms with Crippen LogP contribution in [0.4, 0.5) is 4.39 Å². The zero-order valence-corrected chi connectivity index (χ0v) is 13.9. The van der Waals surface area contributed by atoms with Gasteiger partial charge in [0.1, 0.15) is 5.82 Å². The Bertz CT molecular complexity index is 796. The number of hydrogen-bond donors (Lipinski definition) is 0. The van der Waals surface area contributed by atoms with Crippen molar-refractivity contribution in [2.75, 3.05) is 7.11 Å². The number of benzene rings is 2. The van der Waals surface area contributed by atoms with Crippen LogP contribution in [-0.2, 0) is 9.53 Å². The predicted molar refractivity (Wildman–Crippen MR) is 94.8 cm³/mol. The highest BCUT2D eigenvalue weighted by Crippen LogP contribution is 2.36. The van der Waals surface area contributed by atoms with Crippen LogP contribution in [0, 0.1) is 11.7 Å². The van der Waals surface area contributed by atoms with Gasteiger partial charge >= 0.3 is 5.97 Å². The minimum atomic E-state index is -0.904. The van der Waals surface area contributed by atoms with E-state index in [2.05, 4.69) is 13.2 Å². The molecule has 0 N–H and O–H groups in total. The Morgan fingerprint density at radius 2 is 1.68 bits per heavy atom. The maximum Gasteiger partial charge on any atom is 0.333 e. The van der Waals surface area contributed by atoms with Crippen molar-refractivity contribution in [3.8, 4) is 0 Å². The summed E-state index contributed by atoms with van der Waals surface area (Å²) >= 11 is 0. The molecule has 0 radical (unpaired) electrons. The Kier molecular flexibility index (Phi) is 6.01. The molecular formula is C21H19FO3. The molecule has 2 aromatic carbocycles. The first-order valence-electron chi connectivity index (χ1n) is 7.74. The molecule has 0 spiro atoms. The van der Waals surface area contributed by atoms with Gasteiger partial charge in [-0.3, -0.25) is 4.79 Å². The summed E-state index contributed by atoms with van der Waals surface area (Å²) in [6, 6.07) is 14.6. The van der Waals surface area contributed by atoms with Gasteiger partial charge in [0, 0.05) is 17.1 Å². The molecule has 4 heteroatoms.